The molecule has 0 saturated heterocycles. The van der Waals surface area contributed by atoms with E-state index in [0.29, 0.717) is 18.0 Å². The van der Waals surface area contributed by atoms with Crippen molar-refractivity contribution in [3.8, 4) is 0 Å². The molecular weight excluding hydrogens is 160 g/mol. The molecule has 13 heavy (non-hydrogen) atoms. The zero-order valence-corrected chi connectivity index (χ0v) is 10.1. The Kier molecular flexibility index (Phi) is 4.40. The van der Waals surface area contributed by atoms with Crippen LogP contribution in [0.5, 0.6) is 0 Å². The van der Waals surface area contributed by atoms with E-state index in [-0.39, 0.29) is 5.54 Å². The van der Waals surface area contributed by atoms with Crippen molar-refractivity contribution in [2.45, 2.75) is 59.5 Å². The quantitative estimate of drug-likeness (QED) is 0.706. The molecule has 0 aromatic rings. The summed E-state index contributed by atoms with van der Waals surface area (Å²) in [5.41, 5.74) is 6.12. The maximum atomic E-state index is 5.58. The van der Waals surface area contributed by atoms with E-state index in [1.165, 1.54) is 0 Å². The van der Waals surface area contributed by atoms with Crippen LogP contribution in [-0.4, -0.2) is 18.1 Å². The lowest BCUT2D eigenvalue weighted by Gasteiger charge is -2.35. The Morgan fingerprint density at radius 1 is 1.15 bits per heavy atom. The molecule has 0 aliphatic carbocycles. The third-order valence-electron chi connectivity index (χ3n) is 1.96. The Balaban J connectivity index is 4.08. The van der Waals surface area contributed by atoms with Crippen LogP contribution in [0, 0.1) is 5.41 Å². The number of nitrogens with two attached hydrogens (primary N) is 1. The first-order valence-corrected chi connectivity index (χ1v) is 5.14. The standard InChI is InChI=1S/C11H26N2/c1-9(7-12)13-11(5,6)8-10(2,3)4/h9,13H,7-8,12H2,1-6H3. The summed E-state index contributed by atoms with van der Waals surface area (Å²) in [6.07, 6.45) is 1.16. The summed E-state index contributed by atoms with van der Waals surface area (Å²) in [4.78, 5) is 0. The molecule has 0 saturated carbocycles. The maximum absolute atomic E-state index is 5.58. The molecule has 1 atom stereocenters. The monoisotopic (exact) mass is 186 g/mol. The smallest absolute Gasteiger partial charge is 0.0166 e. The molecule has 0 aromatic carbocycles. The summed E-state index contributed by atoms with van der Waals surface area (Å²) >= 11 is 0. The highest BCUT2D eigenvalue weighted by Crippen LogP contribution is 2.26. The highest BCUT2D eigenvalue weighted by atomic mass is 15.0. The Hall–Kier alpha value is -0.0800. The Labute approximate surface area is 83.3 Å². The van der Waals surface area contributed by atoms with E-state index in [4.69, 9.17) is 5.73 Å². The number of nitrogens with one attached hydrogen (secondary N) is 1. The van der Waals surface area contributed by atoms with Gasteiger partial charge < -0.3 is 11.1 Å². The van der Waals surface area contributed by atoms with E-state index in [9.17, 15) is 0 Å². The summed E-state index contributed by atoms with van der Waals surface area (Å²) in [6, 6.07) is 0.400. The maximum Gasteiger partial charge on any atom is 0.0166 e. The van der Waals surface area contributed by atoms with Crippen LogP contribution in [0.2, 0.25) is 0 Å². The van der Waals surface area contributed by atoms with Crippen molar-refractivity contribution in [3.63, 3.8) is 0 Å². The van der Waals surface area contributed by atoms with E-state index in [1.807, 2.05) is 0 Å². The van der Waals surface area contributed by atoms with Crippen molar-refractivity contribution >= 4 is 0 Å². The second-order valence-electron chi connectivity index (χ2n) is 5.90. The van der Waals surface area contributed by atoms with Crippen LogP contribution >= 0.6 is 0 Å². The molecule has 0 amide bonds. The van der Waals surface area contributed by atoms with E-state index >= 15 is 0 Å². The van der Waals surface area contributed by atoms with Crippen LogP contribution < -0.4 is 11.1 Å². The fraction of sp³-hybridized carbons (Fsp3) is 1.00. The number of rotatable bonds is 4. The highest BCUT2D eigenvalue weighted by Gasteiger charge is 2.25. The largest absolute Gasteiger partial charge is 0.329 e. The first-order chi connectivity index (χ1) is 5.66. The molecule has 80 valence electrons. The third-order valence-corrected chi connectivity index (χ3v) is 1.96. The fourth-order valence-corrected chi connectivity index (χ4v) is 2.10. The SMILES string of the molecule is CC(CN)NC(C)(C)CC(C)(C)C. The molecule has 0 spiro atoms. The molecule has 0 aromatic heterocycles. The van der Waals surface area contributed by atoms with Gasteiger partial charge in [0.15, 0.2) is 0 Å². The minimum absolute atomic E-state index is 0.178. The van der Waals surface area contributed by atoms with Gasteiger partial charge in [-0.3, -0.25) is 0 Å². The lowest BCUT2D eigenvalue weighted by molar-refractivity contribution is 0.227. The lowest BCUT2D eigenvalue weighted by atomic mass is 9.81. The minimum Gasteiger partial charge on any atom is -0.329 e. The van der Waals surface area contributed by atoms with Gasteiger partial charge in [-0.15, -0.1) is 0 Å². The summed E-state index contributed by atoms with van der Waals surface area (Å²) in [7, 11) is 0. The van der Waals surface area contributed by atoms with Crippen molar-refractivity contribution in [1.82, 2.24) is 5.32 Å². The van der Waals surface area contributed by atoms with Crippen LogP contribution in [0.1, 0.15) is 48.0 Å². The number of hydrogen-bond donors (Lipinski definition) is 2. The van der Waals surface area contributed by atoms with Crippen LogP contribution in [0.15, 0.2) is 0 Å². The second-order valence-corrected chi connectivity index (χ2v) is 5.90. The van der Waals surface area contributed by atoms with Gasteiger partial charge in [-0.05, 0) is 32.6 Å². The summed E-state index contributed by atoms with van der Waals surface area (Å²) < 4.78 is 0. The van der Waals surface area contributed by atoms with E-state index < -0.39 is 0 Å². The molecule has 0 rings (SSSR count). The average molecular weight is 186 g/mol. The lowest BCUT2D eigenvalue weighted by Crippen LogP contribution is -2.49. The van der Waals surface area contributed by atoms with Crippen molar-refractivity contribution in [1.29, 1.82) is 0 Å². The van der Waals surface area contributed by atoms with Gasteiger partial charge in [0.2, 0.25) is 0 Å². The van der Waals surface area contributed by atoms with E-state index in [2.05, 4.69) is 46.9 Å². The molecule has 0 aliphatic rings. The van der Waals surface area contributed by atoms with Gasteiger partial charge in [-0.1, -0.05) is 20.8 Å². The predicted octanol–water partition coefficient (Wildman–Crippen LogP) is 2.14. The van der Waals surface area contributed by atoms with Crippen LogP contribution in [0.3, 0.4) is 0 Å². The molecule has 1 unspecified atom stereocenters. The zero-order chi connectivity index (χ0) is 10.7. The van der Waals surface area contributed by atoms with Crippen LogP contribution in [0.25, 0.3) is 0 Å². The van der Waals surface area contributed by atoms with Gasteiger partial charge >= 0.3 is 0 Å². The Morgan fingerprint density at radius 3 is 1.92 bits per heavy atom. The van der Waals surface area contributed by atoms with Gasteiger partial charge in [0.05, 0.1) is 0 Å². The molecule has 0 heterocycles. The van der Waals surface area contributed by atoms with Crippen molar-refractivity contribution in [2.24, 2.45) is 11.1 Å². The minimum atomic E-state index is 0.178. The van der Waals surface area contributed by atoms with Gasteiger partial charge in [-0.25, -0.2) is 0 Å². The molecule has 0 radical (unpaired) electrons. The van der Waals surface area contributed by atoms with Crippen LogP contribution in [-0.2, 0) is 0 Å². The van der Waals surface area contributed by atoms with E-state index in [1.54, 1.807) is 0 Å². The molecular formula is C11H26N2. The number of hydrogen-bond acceptors (Lipinski definition) is 2. The van der Waals surface area contributed by atoms with Gasteiger partial charge in [0.25, 0.3) is 0 Å². The summed E-state index contributed by atoms with van der Waals surface area (Å²) in [6.45, 7) is 14.1. The Morgan fingerprint density at radius 2 is 1.62 bits per heavy atom. The third kappa shape index (κ3) is 7.03. The molecule has 3 N–H and O–H groups in total. The van der Waals surface area contributed by atoms with Crippen LogP contribution in [0.4, 0.5) is 0 Å². The molecule has 0 bridgehead atoms. The van der Waals surface area contributed by atoms with Gasteiger partial charge in [0.1, 0.15) is 0 Å². The summed E-state index contributed by atoms with van der Waals surface area (Å²) in [5.74, 6) is 0. The second kappa shape index (κ2) is 4.43. The average Bonchev–Trinajstić information content (AvgIpc) is 1.80. The molecule has 0 aliphatic heterocycles. The first kappa shape index (κ1) is 12.9. The van der Waals surface area contributed by atoms with E-state index in [0.717, 1.165) is 6.42 Å². The molecule has 2 heteroatoms. The van der Waals surface area contributed by atoms with Crippen molar-refractivity contribution in [3.05, 3.63) is 0 Å². The van der Waals surface area contributed by atoms with Gasteiger partial charge in [-0.2, -0.15) is 0 Å². The molecule has 2 nitrogen and oxygen atoms in total. The van der Waals surface area contributed by atoms with Gasteiger partial charge in [0, 0.05) is 18.1 Å². The van der Waals surface area contributed by atoms with Crippen molar-refractivity contribution in [2.75, 3.05) is 6.54 Å². The van der Waals surface area contributed by atoms with Crippen molar-refractivity contribution < 1.29 is 0 Å². The predicted molar refractivity (Wildman–Crippen MR) is 59.8 cm³/mol. The summed E-state index contributed by atoms with van der Waals surface area (Å²) in [5, 5.41) is 3.54. The fourth-order valence-electron chi connectivity index (χ4n) is 2.10. The normalized spacial score (nSPS) is 15.9. The first-order valence-electron chi connectivity index (χ1n) is 5.14. The molecule has 0 fully saturated rings. The highest BCUT2D eigenvalue weighted by molar-refractivity contribution is 4.85. The Bertz CT molecular complexity index is 145. The topological polar surface area (TPSA) is 38.0 Å². The zero-order valence-electron chi connectivity index (χ0n) is 10.1.